The van der Waals surface area contributed by atoms with Crippen LogP contribution in [-0.2, 0) is 10.0 Å². The average Bonchev–Trinajstić information content (AvgIpc) is 2.54. The fraction of sp³-hybridized carbons (Fsp3) is 0.133. The summed E-state index contributed by atoms with van der Waals surface area (Å²) < 4.78 is 27.7. The smallest absolute Gasteiger partial charge is 0.264 e. The number of hydrogen-bond donors (Lipinski definition) is 1. The van der Waals surface area contributed by atoms with E-state index < -0.39 is 10.0 Å². The van der Waals surface area contributed by atoms with Crippen LogP contribution in [-0.4, -0.2) is 37.5 Å². The molecule has 0 atom stereocenters. The molecule has 7 nitrogen and oxygen atoms in total. The van der Waals surface area contributed by atoms with Crippen LogP contribution in [0, 0.1) is 0 Å². The number of fused-ring (bicyclic) bond motifs is 1. The lowest BCUT2D eigenvalue weighted by Crippen LogP contribution is -2.16. The second-order valence-electron chi connectivity index (χ2n) is 5.10. The fourth-order valence-electron chi connectivity index (χ4n) is 2.11. The number of para-hydroxylation sites is 1. The van der Waals surface area contributed by atoms with Crippen molar-refractivity contribution in [1.29, 1.82) is 0 Å². The van der Waals surface area contributed by atoms with Gasteiger partial charge < -0.3 is 4.90 Å². The Morgan fingerprint density at radius 1 is 1.00 bits per heavy atom. The summed E-state index contributed by atoms with van der Waals surface area (Å²) in [6.45, 7) is 0. The van der Waals surface area contributed by atoms with Gasteiger partial charge in [-0.05, 0) is 12.1 Å². The fourth-order valence-corrected chi connectivity index (χ4v) is 3.32. The Bertz CT molecular complexity index is 934. The zero-order valence-corrected chi connectivity index (χ0v) is 13.4. The van der Waals surface area contributed by atoms with Crippen molar-refractivity contribution in [3.8, 4) is 0 Å². The van der Waals surface area contributed by atoms with E-state index in [4.69, 9.17) is 0 Å². The number of rotatable bonds is 4. The summed E-state index contributed by atoms with van der Waals surface area (Å²) in [5, 5.41) is 0.759. The van der Waals surface area contributed by atoms with E-state index in [2.05, 4.69) is 19.7 Å². The molecule has 3 aromatic rings. The van der Waals surface area contributed by atoms with Crippen LogP contribution in [0.1, 0.15) is 0 Å². The maximum absolute atomic E-state index is 12.6. The molecule has 0 aliphatic rings. The van der Waals surface area contributed by atoms with E-state index in [0.29, 0.717) is 17.2 Å². The Morgan fingerprint density at radius 3 is 2.39 bits per heavy atom. The first-order valence-corrected chi connectivity index (χ1v) is 8.31. The SMILES string of the molecule is CN(C)c1ncc(NS(=O)(=O)c2cccc3cccnc23)cn1. The van der Waals surface area contributed by atoms with Gasteiger partial charge >= 0.3 is 0 Å². The normalized spacial score (nSPS) is 11.4. The third-order valence-electron chi connectivity index (χ3n) is 3.18. The van der Waals surface area contributed by atoms with Gasteiger partial charge in [0.1, 0.15) is 4.90 Å². The second kappa shape index (κ2) is 5.81. The zero-order valence-electron chi connectivity index (χ0n) is 12.6. The Labute approximate surface area is 134 Å². The van der Waals surface area contributed by atoms with E-state index in [1.165, 1.54) is 18.5 Å². The monoisotopic (exact) mass is 329 g/mol. The molecule has 2 heterocycles. The van der Waals surface area contributed by atoms with Crippen LogP contribution in [0.3, 0.4) is 0 Å². The van der Waals surface area contributed by atoms with E-state index >= 15 is 0 Å². The van der Waals surface area contributed by atoms with Crippen LogP contribution in [0.4, 0.5) is 11.6 Å². The highest BCUT2D eigenvalue weighted by atomic mass is 32.2. The molecule has 0 amide bonds. The van der Waals surface area contributed by atoms with E-state index in [1.807, 2.05) is 12.1 Å². The van der Waals surface area contributed by atoms with Crippen LogP contribution in [0.15, 0.2) is 53.8 Å². The first-order chi connectivity index (χ1) is 11.0. The maximum Gasteiger partial charge on any atom is 0.264 e. The third-order valence-corrected chi connectivity index (χ3v) is 4.59. The highest BCUT2D eigenvalue weighted by Crippen LogP contribution is 2.22. The molecule has 0 saturated heterocycles. The van der Waals surface area contributed by atoms with Crippen LogP contribution in [0.25, 0.3) is 10.9 Å². The number of nitrogens with one attached hydrogen (secondary N) is 1. The van der Waals surface area contributed by atoms with Gasteiger partial charge in [-0.25, -0.2) is 18.4 Å². The van der Waals surface area contributed by atoms with Gasteiger partial charge in [0, 0.05) is 25.7 Å². The molecule has 1 aromatic carbocycles. The summed E-state index contributed by atoms with van der Waals surface area (Å²) in [7, 11) is -0.166. The first-order valence-electron chi connectivity index (χ1n) is 6.83. The number of benzene rings is 1. The van der Waals surface area contributed by atoms with Crippen LogP contribution in [0.2, 0.25) is 0 Å². The molecule has 0 saturated carbocycles. The Morgan fingerprint density at radius 2 is 1.70 bits per heavy atom. The van der Waals surface area contributed by atoms with Crippen molar-refractivity contribution in [1.82, 2.24) is 15.0 Å². The molecule has 0 bridgehead atoms. The molecule has 0 radical (unpaired) electrons. The summed E-state index contributed by atoms with van der Waals surface area (Å²) in [6.07, 6.45) is 4.42. The Hall–Kier alpha value is -2.74. The quantitative estimate of drug-likeness (QED) is 0.786. The predicted octanol–water partition coefficient (Wildman–Crippen LogP) is 1.89. The summed E-state index contributed by atoms with van der Waals surface area (Å²) >= 11 is 0. The largest absolute Gasteiger partial charge is 0.347 e. The molecule has 118 valence electrons. The Balaban J connectivity index is 1.98. The van der Waals surface area contributed by atoms with Crippen molar-refractivity contribution in [2.75, 3.05) is 23.7 Å². The molecule has 2 aromatic heterocycles. The lowest BCUT2D eigenvalue weighted by atomic mass is 10.2. The molecular formula is C15H15N5O2S. The van der Waals surface area contributed by atoms with Gasteiger partial charge in [0.25, 0.3) is 10.0 Å². The summed E-state index contributed by atoms with van der Waals surface area (Å²) in [6, 6.07) is 8.60. The van der Waals surface area contributed by atoms with E-state index in [1.54, 1.807) is 37.3 Å². The maximum atomic E-state index is 12.6. The molecule has 0 fully saturated rings. The van der Waals surface area contributed by atoms with Crippen molar-refractivity contribution < 1.29 is 8.42 Å². The molecule has 3 rings (SSSR count). The van der Waals surface area contributed by atoms with Gasteiger partial charge in [-0.15, -0.1) is 0 Å². The minimum absolute atomic E-state index is 0.118. The third kappa shape index (κ3) is 3.07. The molecule has 0 spiro atoms. The molecule has 23 heavy (non-hydrogen) atoms. The molecule has 1 N–H and O–H groups in total. The standard InChI is InChI=1S/C15H15N5O2S/c1-20(2)15-17-9-12(10-18-15)19-23(21,22)13-7-3-5-11-6-4-8-16-14(11)13/h3-10,19H,1-2H3. The van der Waals surface area contributed by atoms with Crippen LogP contribution < -0.4 is 9.62 Å². The lowest BCUT2D eigenvalue weighted by Gasteiger charge is -2.12. The minimum atomic E-state index is -3.78. The number of aromatic nitrogens is 3. The zero-order chi connectivity index (χ0) is 16.4. The van der Waals surface area contributed by atoms with Crippen LogP contribution >= 0.6 is 0 Å². The highest BCUT2D eigenvalue weighted by Gasteiger charge is 2.18. The molecule has 0 aliphatic heterocycles. The van der Waals surface area contributed by atoms with Gasteiger partial charge in [0.15, 0.2) is 0 Å². The lowest BCUT2D eigenvalue weighted by molar-refractivity contribution is 0.602. The number of nitrogens with zero attached hydrogens (tertiary/aromatic N) is 4. The van der Waals surface area contributed by atoms with Crippen molar-refractivity contribution in [3.05, 3.63) is 48.9 Å². The van der Waals surface area contributed by atoms with Crippen molar-refractivity contribution in [3.63, 3.8) is 0 Å². The molecule has 8 heteroatoms. The summed E-state index contributed by atoms with van der Waals surface area (Å²) in [5.41, 5.74) is 0.719. The first kappa shape index (κ1) is 15.2. The van der Waals surface area contributed by atoms with Crippen molar-refractivity contribution in [2.24, 2.45) is 0 Å². The molecular weight excluding hydrogens is 314 g/mol. The number of sulfonamides is 1. The Kier molecular flexibility index (Phi) is 3.83. The van der Waals surface area contributed by atoms with Gasteiger partial charge in [-0.1, -0.05) is 18.2 Å². The van der Waals surface area contributed by atoms with Gasteiger partial charge in [-0.3, -0.25) is 9.71 Å². The number of anilines is 2. The molecule has 0 unspecified atom stereocenters. The number of pyridine rings is 1. The highest BCUT2D eigenvalue weighted by molar-refractivity contribution is 7.93. The van der Waals surface area contributed by atoms with Crippen LogP contribution in [0.5, 0.6) is 0 Å². The predicted molar refractivity (Wildman–Crippen MR) is 88.9 cm³/mol. The van der Waals surface area contributed by atoms with Crippen molar-refractivity contribution in [2.45, 2.75) is 4.90 Å². The van der Waals surface area contributed by atoms with E-state index in [0.717, 1.165) is 5.39 Å². The molecule has 0 aliphatic carbocycles. The topological polar surface area (TPSA) is 88.1 Å². The van der Waals surface area contributed by atoms with E-state index in [9.17, 15) is 8.42 Å². The van der Waals surface area contributed by atoms with Gasteiger partial charge in [0.05, 0.1) is 23.6 Å². The summed E-state index contributed by atoms with van der Waals surface area (Å²) in [5.74, 6) is 0.500. The van der Waals surface area contributed by atoms with Gasteiger partial charge in [-0.2, -0.15) is 0 Å². The average molecular weight is 329 g/mol. The van der Waals surface area contributed by atoms with E-state index in [-0.39, 0.29) is 4.90 Å². The van der Waals surface area contributed by atoms with Crippen molar-refractivity contribution >= 4 is 32.6 Å². The van der Waals surface area contributed by atoms with Gasteiger partial charge in [0.2, 0.25) is 5.95 Å². The second-order valence-corrected chi connectivity index (χ2v) is 6.75. The summed E-state index contributed by atoms with van der Waals surface area (Å²) in [4.78, 5) is 14.2. The number of hydrogen-bond acceptors (Lipinski definition) is 6. The minimum Gasteiger partial charge on any atom is -0.347 e.